The second kappa shape index (κ2) is 9.48. The molecule has 7 heteroatoms. The highest BCUT2D eigenvalue weighted by atomic mass is 35.5. The molecule has 0 aliphatic rings. The van der Waals surface area contributed by atoms with Gasteiger partial charge in [-0.15, -0.1) is 0 Å². The van der Waals surface area contributed by atoms with Crippen LogP contribution >= 0.6 is 23.8 Å². The zero-order chi connectivity index (χ0) is 19.1. The summed E-state index contributed by atoms with van der Waals surface area (Å²) in [7, 11) is 0. The Kier molecular flexibility index (Phi) is 6.79. The molecule has 0 saturated heterocycles. The lowest BCUT2D eigenvalue weighted by Crippen LogP contribution is -1.97. The topological polar surface area (TPSA) is 55.2 Å². The fraction of sp³-hybridized carbons (Fsp3) is 0.250. The first kappa shape index (κ1) is 19.3. The summed E-state index contributed by atoms with van der Waals surface area (Å²) in [5.74, 6) is 1.47. The van der Waals surface area contributed by atoms with Gasteiger partial charge >= 0.3 is 0 Å². The van der Waals surface area contributed by atoms with Crippen molar-refractivity contribution in [2.24, 2.45) is 5.10 Å². The largest absolute Gasteiger partial charge is 0.494 e. The molecule has 1 aromatic heterocycles. The average molecular weight is 401 g/mol. The predicted molar refractivity (Wildman–Crippen MR) is 112 cm³/mol. The standard InChI is InChI=1S/C20H21ClN4OS/c1-2-3-4-12-26-18-10-8-15(9-11-18)14-22-25-19(23-24-20(25)27)16-6-5-7-17(21)13-16/h5-11,13-14H,2-4,12H2,1H3,(H,24,27). The molecule has 0 saturated carbocycles. The first-order valence-electron chi connectivity index (χ1n) is 8.88. The molecule has 1 N–H and O–H groups in total. The van der Waals surface area contributed by atoms with Gasteiger partial charge in [0.15, 0.2) is 5.82 Å². The van der Waals surface area contributed by atoms with Gasteiger partial charge in [-0.3, -0.25) is 0 Å². The van der Waals surface area contributed by atoms with Crippen LogP contribution in [0.2, 0.25) is 5.02 Å². The molecule has 5 nitrogen and oxygen atoms in total. The smallest absolute Gasteiger partial charge is 0.216 e. The first-order chi connectivity index (χ1) is 13.2. The fourth-order valence-corrected chi connectivity index (χ4v) is 2.90. The number of rotatable bonds is 8. The first-order valence-corrected chi connectivity index (χ1v) is 9.66. The van der Waals surface area contributed by atoms with E-state index >= 15 is 0 Å². The predicted octanol–water partition coefficient (Wildman–Crippen LogP) is 5.71. The number of unbranched alkanes of at least 4 members (excludes halogenated alkanes) is 2. The van der Waals surface area contributed by atoms with Crippen LogP contribution in [-0.2, 0) is 0 Å². The number of nitrogens with zero attached hydrogens (tertiary/aromatic N) is 3. The zero-order valence-corrected chi connectivity index (χ0v) is 16.6. The molecule has 1 heterocycles. The monoisotopic (exact) mass is 400 g/mol. The maximum absolute atomic E-state index is 6.07. The van der Waals surface area contributed by atoms with Gasteiger partial charge in [-0.2, -0.15) is 14.9 Å². The van der Waals surface area contributed by atoms with Crippen molar-refractivity contribution in [2.75, 3.05) is 6.61 Å². The van der Waals surface area contributed by atoms with Crippen LogP contribution in [-0.4, -0.2) is 27.7 Å². The maximum atomic E-state index is 6.07. The summed E-state index contributed by atoms with van der Waals surface area (Å²) in [4.78, 5) is 0. The van der Waals surface area contributed by atoms with E-state index in [1.807, 2.05) is 48.5 Å². The molecule has 0 amide bonds. The minimum atomic E-state index is 0.414. The van der Waals surface area contributed by atoms with Crippen LogP contribution in [0.1, 0.15) is 31.7 Å². The highest BCUT2D eigenvalue weighted by Gasteiger charge is 2.08. The number of halogens is 1. The molecule has 0 aliphatic heterocycles. The van der Waals surface area contributed by atoms with E-state index in [-0.39, 0.29) is 0 Å². The summed E-state index contributed by atoms with van der Waals surface area (Å²) >= 11 is 11.4. The zero-order valence-electron chi connectivity index (χ0n) is 15.1. The van der Waals surface area contributed by atoms with Crippen molar-refractivity contribution in [3.63, 3.8) is 0 Å². The number of H-pyrrole nitrogens is 1. The van der Waals surface area contributed by atoms with Gasteiger partial charge in [0.2, 0.25) is 4.77 Å². The van der Waals surface area contributed by atoms with Crippen LogP contribution in [0.15, 0.2) is 53.6 Å². The van der Waals surface area contributed by atoms with Gasteiger partial charge in [0.25, 0.3) is 0 Å². The Morgan fingerprint density at radius 1 is 1.22 bits per heavy atom. The molecule has 3 aromatic rings. The third kappa shape index (κ3) is 5.28. The van der Waals surface area contributed by atoms with Crippen LogP contribution < -0.4 is 4.74 Å². The minimum Gasteiger partial charge on any atom is -0.494 e. The van der Waals surface area contributed by atoms with Gasteiger partial charge in [-0.1, -0.05) is 43.5 Å². The van der Waals surface area contributed by atoms with Gasteiger partial charge in [0.05, 0.1) is 12.8 Å². The summed E-state index contributed by atoms with van der Waals surface area (Å²) in [5.41, 5.74) is 1.78. The van der Waals surface area contributed by atoms with Crippen LogP contribution in [0.4, 0.5) is 0 Å². The molecular formula is C20H21ClN4OS. The van der Waals surface area contributed by atoms with Crippen molar-refractivity contribution in [2.45, 2.75) is 26.2 Å². The third-order valence-electron chi connectivity index (χ3n) is 3.95. The summed E-state index contributed by atoms with van der Waals surface area (Å²) in [6.07, 6.45) is 5.18. The molecule has 0 aliphatic carbocycles. The van der Waals surface area contributed by atoms with Gasteiger partial charge in [0, 0.05) is 10.6 Å². The fourth-order valence-electron chi connectivity index (χ4n) is 2.53. The number of hydrogen-bond donors (Lipinski definition) is 1. The number of benzene rings is 2. The average Bonchev–Trinajstić information content (AvgIpc) is 3.05. The Balaban J connectivity index is 1.73. The van der Waals surface area contributed by atoms with E-state index in [0.29, 0.717) is 15.6 Å². The lowest BCUT2D eigenvalue weighted by atomic mass is 10.2. The molecule has 140 valence electrons. The molecule has 0 fully saturated rings. The van der Waals surface area contributed by atoms with Crippen molar-refractivity contribution in [3.05, 3.63) is 63.9 Å². The molecule has 3 rings (SSSR count). The highest BCUT2D eigenvalue weighted by Crippen LogP contribution is 2.21. The van der Waals surface area contributed by atoms with Crippen molar-refractivity contribution in [1.82, 2.24) is 14.9 Å². The van der Waals surface area contributed by atoms with Gasteiger partial charge in [0.1, 0.15) is 5.75 Å². The van der Waals surface area contributed by atoms with Crippen LogP contribution in [0, 0.1) is 4.77 Å². The molecule has 2 aromatic carbocycles. The SMILES string of the molecule is CCCCCOc1ccc(C=Nn2c(-c3cccc(Cl)c3)n[nH]c2=S)cc1. The number of ether oxygens (including phenoxy) is 1. The Bertz CT molecular complexity index is 963. The summed E-state index contributed by atoms with van der Waals surface area (Å²) in [5, 5.41) is 12.1. The third-order valence-corrected chi connectivity index (χ3v) is 4.45. The maximum Gasteiger partial charge on any atom is 0.216 e. The second-order valence-corrected chi connectivity index (χ2v) is 6.87. The van der Waals surface area contributed by atoms with Crippen LogP contribution in [0.25, 0.3) is 11.4 Å². The molecule has 0 unspecified atom stereocenters. The van der Waals surface area contributed by atoms with Gasteiger partial charge < -0.3 is 4.74 Å². The summed E-state index contributed by atoms with van der Waals surface area (Å²) in [6.45, 7) is 2.92. The number of aromatic amines is 1. The van der Waals surface area contributed by atoms with E-state index in [9.17, 15) is 0 Å². The lowest BCUT2D eigenvalue weighted by Gasteiger charge is -2.05. The molecule has 27 heavy (non-hydrogen) atoms. The second-order valence-electron chi connectivity index (χ2n) is 6.04. The highest BCUT2D eigenvalue weighted by molar-refractivity contribution is 7.71. The Morgan fingerprint density at radius 3 is 2.78 bits per heavy atom. The van der Waals surface area contributed by atoms with E-state index in [2.05, 4.69) is 22.2 Å². The van der Waals surface area contributed by atoms with E-state index in [1.165, 1.54) is 12.8 Å². The Labute approximate surface area is 168 Å². The number of hydrogen-bond acceptors (Lipinski definition) is 4. The molecule has 0 radical (unpaired) electrons. The Hall–Kier alpha value is -2.44. The van der Waals surface area contributed by atoms with E-state index in [4.69, 9.17) is 28.6 Å². The van der Waals surface area contributed by atoms with Gasteiger partial charge in [-0.05, 0) is 60.6 Å². The van der Waals surface area contributed by atoms with Crippen molar-refractivity contribution >= 4 is 30.0 Å². The van der Waals surface area contributed by atoms with Gasteiger partial charge in [-0.25, -0.2) is 5.10 Å². The molecular weight excluding hydrogens is 380 g/mol. The van der Waals surface area contributed by atoms with E-state index < -0.39 is 0 Å². The summed E-state index contributed by atoms with van der Waals surface area (Å²) < 4.78 is 7.72. The van der Waals surface area contributed by atoms with Crippen molar-refractivity contribution in [3.8, 4) is 17.1 Å². The lowest BCUT2D eigenvalue weighted by molar-refractivity contribution is 0.306. The summed E-state index contributed by atoms with van der Waals surface area (Å²) in [6, 6.07) is 15.2. The quantitative estimate of drug-likeness (QED) is 0.299. The Morgan fingerprint density at radius 2 is 2.04 bits per heavy atom. The van der Waals surface area contributed by atoms with E-state index in [1.54, 1.807) is 10.9 Å². The van der Waals surface area contributed by atoms with Crippen LogP contribution in [0.3, 0.4) is 0 Å². The molecule has 0 bridgehead atoms. The minimum absolute atomic E-state index is 0.414. The number of nitrogens with one attached hydrogen (secondary N) is 1. The number of aromatic nitrogens is 3. The van der Waals surface area contributed by atoms with Crippen LogP contribution in [0.5, 0.6) is 5.75 Å². The van der Waals surface area contributed by atoms with E-state index in [0.717, 1.165) is 29.9 Å². The molecule has 0 atom stereocenters. The normalized spacial score (nSPS) is 11.2. The van der Waals surface area contributed by atoms with Crippen molar-refractivity contribution < 1.29 is 4.74 Å². The van der Waals surface area contributed by atoms with Crippen molar-refractivity contribution in [1.29, 1.82) is 0 Å². The molecule has 0 spiro atoms.